The minimum absolute atomic E-state index is 0.492. The van der Waals surface area contributed by atoms with Crippen LogP contribution in [0.4, 0.5) is 0 Å². The van der Waals surface area contributed by atoms with Gasteiger partial charge in [-0.2, -0.15) is 0 Å². The van der Waals surface area contributed by atoms with E-state index in [1.165, 1.54) is 36.0 Å². The van der Waals surface area contributed by atoms with Crippen LogP contribution in [0.3, 0.4) is 0 Å². The first kappa shape index (κ1) is 13.6. The fraction of sp³-hybridized carbons (Fsp3) is 0.625. The summed E-state index contributed by atoms with van der Waals surface area (Å²) in [5.41, 5.74) is 4.13. The second-order valence-electron chi connectivity index (χ2n) is 5.37. The number of rotatable bonds is 5. The van der Waals surface area contributed by atoms with Crippen LogP contribution in [-0.4, -0.2) is 19.3 Å². The highest BCUT2D eigenvalue weighted by Gasteiger charge is 2.12. The summed E-state index contributed by atoms with van der Waals surface area (Å²) in [5, 5.41) is 3.52. The highest BCUT2D eigenvalue weighted by Crippen LogP contribution is 2.15. The third-order valence-electron chi connectivity index (χ3n) is 3.82. The van der Waals surface area contributed by atoms with Crippen molar-refractivity contribution >= 4 is 0 Å². The van der Waals surface area contributed by atoms with Crippen molar-refractivity contribution in [2.24, 2.45) is 0 Å². The van der Waals surface area contributed by atoms with Gasteiger partial charge in [0.15, 0.2) is 0 Å². The number of hydrogen-bond donors (Lipinski definition) is 1. The molecule has 1 aliphatic heterocycles. The van der Waals surface area contributed by atoms with Crippen LogP contribution in [0.2, 0.25) is 0 Å². The molecule has 18 heavy (non-hydrogen) atoms. The van der Waals surface area contributed by atoms with Crippen molar-refractivity contribution in [2.75, 3.05) is 13.2 Å². The molecule has 0 aromatic heterocycles. The number of benzene rings is 1. The van der Waals surface area contributed by atoms with Gasteiger partial charge in [0.05, 0.1) is 6.10 Å². The van der Waals surface area contributed by atoms with E-state index >= 15 is 0 Å². The molecule has 2 rings (SSSR count). The average molecular weight is 247 g/mol. The van der Waals surface area contributed by atoms with Gasteiger partial charge in [0.2, 0.25) is 0 Å². The lowest BCUT2D eigenvalue weighted by molar-refractivity contribution is 0.0115. The second-order valence-corrected chi connectivity index (χ2v) is 5.37. The monoisotopic (exact) mass is 247 g/mol. The van der Waals surface area contributed by atoms with Crippen molar-refractivity contribution in [1.82, 2.24) is 5.32 Å². The summed E-state index contributed by atoms with van der Waals surface area (Å²) in [6, 6.07) is 6.70. The Labute approximate surface area is 111 Å². The number of nitrogens with one attached hydrogen (secondary N) is 1. The maximum Gasteiger partial charge on any atom is 0.0587 e. The lowest BCUT2D eigenvalue weighted by Crippen LogP contribution is -2.25. The van der Waals surface area contributed by atoms with Crippen molar-refractivity contribution in [3.63, 3.8) is 0 Å². The topological polar surface area (TPSA) is 21.3 Å². The lowest BCUT2D eigenvalue weighted by atomic mass is 10.1. The fourth-order valence-electron chi connectivity index (χ4n) is 2.44. The van der Waals surface area contributed by atoms with Gasteiger partial charge in [-0.3, -0.25) is 0 Å². The normalized spacial score (nSPS) is 20.0. The van der Waals surface area contributed by atoms with Crippen LogP contribution in [0.5, 0.6) is 0 Å². The zero-order valence-corrected chi connectivity index (χ0v) is 11.7. The number of hydrogen-bond acceptors (Lipinski definition) is 2. The molecular weight excluding hydrogens is 222 g/mol. The van der Waals surface area contributed by atoms with E-state index in [9.17, 15) is 0 Å². The van der Waals surface area contributed by atoms with E-state index in [0.29, 0.717) is 6.10 Å². The van der Waals surface area contributed by atoms with Crippen LogP contribution in [-0.2, 0) is 11.3 Å². The molecule has 1 aliphatic rings. The van der Waals surface area contributed by atoms with Gasteiger partial charge in [0, 0.05) is 13.2 Å². The standard InChI is InChI=1S/C16H25NO/c1-13-6-7-15(11-14(13)2)12-17-9-8-16-5-3-4-10-18-16/h6-7,11,16-17H,3-5,8-10,12H2,1-2H3. The Hall–Kier alpha value is -0.860. The molecule has 1 fully saturated rings. The molecule has 0 amide bonds. The van der Waals surface area contributed by atoms with Crippen molar-refractivity contribution in [2.45, 2.75) is 52.2 Å². The van der Waals surface area contributed by atoms with Crippen LogP contribution in [0.1, 0.15) is 42.4 Å². The first-order valence-corrected chi connectivity index (χ1v) is 7.14. The van der Waals surface area contributed by atoms with Gasteiger partial charge < -0.3 is 10.1 Å². The third kappa shape index (κ3) is 4.11. The van der Waals surface area contributed by atoms with E-state index in [2.05, 4.69) is 37.4 Å². The Kier molecular flexibility index (Phi) is 5.21. The summed E-state index contributed by atoms with van der Waals surface area (Å²) in [4.78, 5) is 0. The van der Waals surface area contributed by atoms with Gasteiger partial charge in [0.25, 0.3) is 0 Å². The molecule has 0 aliphatic carbocycles. The van der Waals surface area contributed by atoms with Gasteiger partial charge in [-0.05, 0) is 62.8 Å². The van der Waals surface area contributed by atoms with E-state index in [-0.39, 0.29) is 0 Å². The predicted octanol–water partition coefficient (Wildman–Crippen LogP) is 3.35. The van der Waals surface area contributed by atoms with Gasteiger partial charge in [-0.25, -0.2) is 0 Å². The molecule has 100 valence electrons. The highest BCUT2D eigenvalue weighted by atomic mass is 16.5. The largest absolute Gasteiger partial charge is 0.378 e. The summed E-state index contributed by atoms with van der Waals surface area (Å²) in [5.74, 6) is 0. The molecule has 0 radical (unpaired) electrons. The van der Waals surface area contributed by atoms with Crippen molar-refractivity contribution in [3.8, 4) is 0 Å². The Morgan fingerprint density at radius 3 is 2.83 bits per heavy atom. The maximum atomic E-state index is 5.73. The molecule has 0 spiro atoms. The second kappa shape index (κ2) is 6.91. The first-order valence-electron chi connectivity index (χ1n) is 7.14. The van der Waals surface area contributed by atoms with Crippen LogP contribution in [0.15, 0.2) is 18.2 Å². The van der Waals surface area contributed by atoms with E-state index < -0.39 is 0 Å². The summed E-state index contributed by atoms with van der Waals surface area (Å²) < 4.78 is 5.73. The summed E-state index contributed by atoms with van der Waals surface area (Å²) in [6.07, 6.45) is 5.45. The molecule has 1 heterocycles. The molecule has 1 N–H and O–H groups in total. The molecule has 1 aromatic rings. The minimum Gasteiger partial charge on any atom is -0.378 e. The summed E-state index contributed by atoms with van der Waals surface area (Å²) in [6.45, 7) is 7.31. The predicted molar refractivity (Wildman–Crippen MR) is 75.8 cm³/mol. The third-order valence-corrected chi connectivity index (χ3v) is 3.82. The average Bonchev–Trinajstić information content (AvgIpc) is 2.40. The van der Waals surface area contributed by atoms with Gasteiger partial charge >= 0.3 is 0 Å². The molecule has 0 bridgehead atoms. The van der Waals surface area contributed by atoms with Gasteiger partial charge in [-0.1, -0.05) is 18.2 Å². The van der Waals surface area contributed by atoms with E-state index in [4.69, 9.17) is 4.74 Å². The molecule has 0 saturated carbocycles. The van der Waals surface area contributed by atoms with E-state index in [1.54, 1.807) is 0 Å². The SMILES string of the molecule is Cc1ccc(CNCCC2CCCCO2)cc1C. The zero-order valence-electron chi connectivity index (χ0n) is 11.7. The maximum absolute atomic E-state index is 5.73. The van der Waals surface area contributed by atoms with Crippen LogP contribution in [0, 0.1) is 13.8 Å². The fourth-order valence-corrected chi connectivity index (χ4v) is 2.44. The number of aryl methyl sites for hydroxylation is 2. The molecular formula is C16H25NO. The Morgan fingerprint density at radius 1 is 1.22 bits per heavy atom. The zero-order chi connectivity index (χ0) is 12.8. The highest BCUT2D eigenvalue weighted by molar-refractivity contribution is 5.29. The van der Waals surface area contributed by atoms with Crippen LogP contribution < -0.4 is 5.32 Å². The van der Waals surface area contributed by atoms with Crippen molar-refractivity contribution < 1.29 is 4.74 Å². The lowest BCUT2D eigenvalue weighted by Gasteiger charge is -2.22. The van der Waals surface area contributed by atoms with Crippen LogP contribution >= 0.6 is 0 Å². The van der Waals surface area contributed by atoms with Gasteiger partial charge in [-0.15, -0.1) is 0 Å². The number of ether oxygens (including phenoxy) is 1. The first-order chi connectivity index (χ1) is 8.75. The van der Waals surface area contributed by atoms with E-state index in [1.807, 2.05) is 0 Å². The van der Waals surface area contributed by atoms with E-state index in [0.717, 1.165) is 26.1 Å². The molecule has 2 nitrogen and oxygen atoms in total. The molecule has 1 atom stereocenters. The summed E-state index contributed by atoms with van der Waals surface area (Å²) >= 11 is 0. The molecule has 2 heteroatoms. The minimum atomic E-state index is 0.492. The summed E-state index contributed by atoms with van der Waals surface area (Å²) in [7, 11) is 0. The molecule has 1 unspecified atom stereocenters. The van der Waals surface area contributed by atoms with Crippen molar-refractivity contribution in [3.05, 3.63) is 34.9 Å². The quantitative estimate of drug-likeness (QED) is 0.806. The smallest absolute Gasteiger partial charge is 0.0587 e. The van der Waals surface area contributed by atoms with Crippen molar-refractivity contribution in [1.29, 1.82) is 0 Å². The Bertz CT molecular complexity index is 369. The molecule has 1 aromatic carbocycles. The molecule has 1 saturated heterocycles. The Morgan fingerprint density at radius 2 is 2.11 bits per heavy atom. The Balaban J connectivity index is 1.66. The van der Waals surface area contributed by atoms with Gasteiger partial charge in [0.1, 0.15) is 0 Å². The van der Waals surface area contributed by atoms with Crippen LogP contribution in [0.25, 0.3) is 0 Å².